The van der Waals surface area contributed by atoms with Crippen LogP contribution >= 0.6 is 0 Å². The summed E-state index contributed by atoms with van der Waals surface area (Å²) in [6, 6.07) is -0.438. The summed E-state index contributed by atoms with van der Waals surface area (Å²) in [5.41, 5.74) is 0. The molecule has 2 aliphatic heterocycles. The van der Waals surface area contributed by atoms with Crippen LogP contribution in [0.2, 0.25) is 0 Å². The van der Waals surface area contributed by atoms with E-state index < -0.39 is 12.4 Å². The number of ether oxygens (including phenoxy) is 2. The third-order valence-electron chi connectivity index (χ3n) is 3.43. The van der Waals surface area contributed by atoms with Gasteiger partial charge in [0.2, 0.25) is 0 Å². The Morgan fingerprint density at radius 3 is 2.94 bits per heavy atom. The van der Waals surface area contributed by atoms with Crippen molar-refractivity contribution >= 4 is 0 Å². The molecule has 7 heteroatoms. The lowest BCUT2D eigenvalue weighted by molar-refractivity contribution is -0.181. The van der Waals surface area contributed by atoms with Gasteiger partial charge in [-0.3, -0.25) is 0 Å². The van der Waals surface area contributed by atoms with Crippen LogP contribution in [-0.4, -0.2) is 70.0 Å². The summed E-state index contributed by atoms with van der Waals surface area (Å²) >= 11 is 0. The highest BCUT2D eigenvalue weighted by molar-refractivity contribution is 4.99. The lowest BCUT2D eigenvalue weighted by Gasteiger charge is -2.41. The quantitative estimate of drug-likeness (QED) is 0.705. The Morgan fingerprint density at radius 1 is 1.47 bits per heavy atom. The van der Waals surface area contributed by atoms with Crippen molar-refractivity contribution in [3.8, 4) is 0 Å². The van der Waals surface area contributed by atoms with E-state index in [1.165, 1.54) is 6.33 Å². The summed E-state index contributed by atoms with van der Waals surface area (Å²) in [5.74, 6) is 0. The number of rotatable bonds is 2. The molecule has 1 N–H and O–H groups in total. The normalized spacial score (nSPS) is 41.1. The molecule has 0 aromatic carbocycles. The largest absolute Gasteiger partial charge is 0.389 e. The van der Waals surface area contributed by atoms with Crippen LogP contribution in [0.5, 0.6) is 0 Å². The van der Waals surface area contributed by atoms with E-state index in [0.29, 0.717) is 6.61 Å². The maximum absolute atomic E-state index is 10.5. The van der Waals surface area contributed by atoms with Crippen molar-refractivity contribution in [2.24, 2.45) is 0 Å². The summed E-state index contributed by atoms with van der Waals surface area (Å²) in [5, 5.41) is 14.5. The highest BCUT2D eigenvalue weighted by Gasteiger charge is 2.52. The first-order chi connectivity index (χ1) is 8.18. The number of aliphatic hydroxyl groups excluding tert-OH is 1. The highest BCUT2D eigenvalue weighted by Crippen LogP contribution is 2.36. The monoisotopic (exact) mass is 240 g/mol. The van der Waals surface area contributed by atoms with Crippen molar-refractivity contribution in [1.29, 1.82) is 0 Å². The first-order valence-electron chi connectivity index (χ1n) is 5.64. The van der Waals surface area contributed by atoms with Crippen molar-refractivity contribution < 1.29 is 14.6 Å². The molecule has 3 rings (SSSR count). The van der Waals surface area contributed by atoms with Crippen molar-refractivity contribution in [2.75, 3.05) is 20.7 Å². The lowest BCUT2D eigenvalue weighted by atomic mass is 9.95. The van der Waals surface area contributed by atoms with E-state index in [1.807, 2.05) is 19.0 Å². The maximum atomic E-state index is 10.5. The molecule has 2 saturated heterocycles. The molecule has 0 aliphatic carbocycles. The molecule has 0 spiro atoms. The number of nitrogens with zero attached hydrogens (tertiary/aromatic N) is 4. The first kappa shape index (κ1) is 11.1. The fraction of sp³-hybridized carbons (Fsp3) is 0.800. The third kappa shape index (κ3) is 1.66. The molecule has 0 radical (unpaired) electrons. The van der Waals surface area contributed by atoms with Crippen LogP contribution in [-0.2, 0) is 9.47 Å². The molecule has 7 nitrogen and oxygen atoms in total. The standard InChI is InChI=1S/C10H16N4O3/c1-13(2)7-6-3-16-10(17-6)8(9(7)15)14-5-11-4-12-14/h4-10,15H,3H2,1-2H3/t6-,7-,8-,9+,10-/m1/s1. The number of hydrogen-bond donors (Lipinski definition) is 1. The van der Waals surface area contributed by atoms with Gasteiger partial charge < -0.3 is 19.5 Å². The summed E-state index contributed by atoms with van der Waals surface area (Å²) in [7, 11) is 3.85. The average molecular weight is 240 g/mol. The van der Waals surface area contributed by atoms with Gasteiger partial charge in [-0.1, -0.05) is 0 Å². The van der Waals surface area contributed by atoms with E-state index in [0.717, 1.165) is 0 Å². The van der Waals surface area contributed by atoms with Crippen LogP contribution in [0.3, 0.4) is 0 Å². The molecular formula is C10H16N4O3. The van der Waals surface area contributed by atoms with E-state index in [1.54, 1.807) is 11.0 Å². The molecule has 0 unspecified atom stereocenters. The number of hydrogen-bond acceptors (Lipinski definition) is 6. The summed E-state index contributed by atoms with van der Waals surface area (Å²) in [6.45, 7) is 0.510. The Kier molecular flexibility index (Phi) is 2.62. The van der Waals surface area contributed by atoms with E-state index >= 15 is 0 Å². The molecule has 1 aromatic rings. The lowest BCUT2D eigenvalue weighted by Crippen LogP contribution is -2.57. The molecule has 2 fully saturated rings. The Labute approximate surface area is 98.9 Å². The van der Waals surface area contributed by atoms with E-state index in [9.17, 15) is 5.11 Å². The summed E-state index contributed by atoms with van der Waals surface area (Å²) in [6.07, 6.45) is 1.92. The topological polar surface area (TPSA) is 72.6 Å². The van der Waals surface area contributed by atoms with Crippen LogP contribution in [0.1, 0.15) is 6.04 Å². The molecule has 0 amide bonds. The summed E-state index contributed by atoms with van der Waals surface area (Å²) < 4.78 is 12.9. The van der Waals surface area contributed by atoms with Gasteiger partial charge in [-0.25, -0.2) is 9.67 Å². The SMILES string of the molecule is CN(C)[C@H]1[C@H](O)[C@@H](n2cncn2)[C@@H]2OC[C@H]1O2. The minimum Gasteiger partial charge on any atom is -0.389 e. The van der Waals surface area contributed by atoms with Gasteiger partial charge in [0.15, 0.2) is 6.29 Å². The van der Waals surface area contributed by atoms with Crippen molar-refractivity contribution in [1.82, 2.24) is 19.7 Å². The first-order valence-corrected chi connectivity index (χ1v) is 5.64. The van der Waals surface area contributed by atoms with Crippen LogP contribution in [0.4, 0.5) is 0 Å². The Bertz CT molecular complexity index is 383. The third-order valence-corrected chi connectivity index (χ3v) is 3.43. The van der Waals surface area contributed by atoms with Gasteiger partial charge in [0.1, 0.15) is 24.8 Å². The molecule has 94 valence electrons. The number of aliphatic hydroxyl groups is 1. The van der Waals surface area contributed by atoms with Gasteiger partial charge >= 0.3 is 0 Å². The second kappa shape index (κ2) is 4.02. The zero-order chi connectivity index (χ0) is 12.0. The number of aromatic nitrogens is 3. The molecule has 2 aliphatic rings. The van der Waals surface area contributed by atoms with Gasteiger partial charge in [0.25, 0.3) is 0 Å². The Hall–Kier alpha value is -1.02. The van der Waals surface area contributed by atoms with Gasteiger partial charge in [0, 0.05) is 0 Å². The number of likely N-dealkylation sites (N-methyl/N-ethyl adjacent to an activating group) is 1. The highest BCUT2D eigenvalue weighted by atomic mass is 16.7. The van der Waals surface area contributed by atoms with Gasteiger partial charge in [-0.05, 0) is 14.1 Å². The zero-order valence-electron chi connectivity index (χ0n) is 9.80. The van der Waals surface area contributed by atoms with Gasteiger partial charge in [-0.15, -0.1) is 0 Å². The Balaban J connectivity index is 1.93. The minimum absolute atomic E-state index is 0.0789. The molecule has 2 bridgehead atoms. The Morgan fingerprint density at radius 2 is 2.29 bits per heavy atom. The number of fused-ring (bicyclic) bond motifs is 2. The van der Waals surface area contributed by atoms with E-state index in [4.69, 9.17) is 9.47 Å². The molecular weight excluding hydrogens is 224 g/mol. The molecule has 0 saturated carbocycles. The van der Waals surface area contributed by atoms with Crippen molar-refractivity contribution in [3.05, 3.63) is 12.7 Å². The molecule has 17 heavy (non-hydrogen) atoms. The molecule has 5 atom stereocenters. The predicted octanol–water partition coefficient (Wildman–Crippen LogP) is -1.13. The predicted molar refractivity (Wildman–Crippen MR) is 57.2 cm³/mol. The molecule has 1 aromatic heterocycles. The second-order valence-corrected chi connectivity index (χ2v) is 4.69. The second-order valence-electron chi connectivity index (χ2n) is 4.69. The zero-order valence-corrected chi connectivity index (χ0v) is 9.80. The van der Waals surface area contributed by atoms with Crippen LogP contribution in [0.25, 0.3) is 0 Å². The smallest absolute Gasteiger partial charge is 0.183 e. The maximum Gasteiger partial charge on any atom is 0.183 e. The molecule has 3 heterocycles. The van der Waals surface area contributed by atoms with Gasteiger partial charge in [0.05, 0.1) is 18.8 Å². The van der Waals surface area contributed by atoms with Gasteiger partial charge in [-0.2, -0.15) is 5.10 Å². The fourth-order valence-corrected chi connectivity index (χ4v) is 2.67. The fourth-order valence-electron chi connectivity index (χ4n) is 2.67. The van der Waals surface area contributed by atoms with Crippen molar-refractivity contribution in [3.63, 3.8) is 0 Å². The van der Waals surface area contributed by atoms with Crippen LogP contribution in [0, 0.1) is 0 Å². The van der Waals surface area contributed by atoms with E-state index in [-0.39, 0.29) is 18.2 Å². The summed E-state index contributed by atoms with van der Waals surface area (Å²) in [4.78, 5) is 5.86. The van der Waals surface area contributed by atoms with Crippen LogP contribution in [0.15, 0.2) is 12.7 Å². The van der Waals surface area contributed by atoms with Crippen molar-refractivity contribution in [2.45, 2.75) is 30.6 Å². The van der Waals surface area contributed by atoms with Crippen LogP contribution < -0.4 is 0 Å². The minimum atomic E-state index is -0.585. The van der Waals surface area contributed by atoms with E-state index in [2.05, 4.69) is 10.1 Å². The average Bonchev–Trinajstić information content (AvgIpc) is 2.89.